The molecule has 2 aromatic carbocycles. The van der Waals surface area contributed by atoms with E-state index >= 15 is 0 Å². The van der Waals surface area contributed by atoms with Crippen molar-refractivity contribution in [3.8, 4) is 6.07 Å². The number of halogens is 3. The summed E-state index contributed by atoms with van der Waals surface area (Å²) in [6.07, 6.45) is 0. The molecule has 5 heteroatoms. The minimum absolute atomic E-state index is 0.0102. The summed E-state index contributed by atoms with van der Waals surface area (Å²) in [6.45, 7) is 1.62. The van der Waals surface area contributed by atoms with Crippen molar-refractivity contribution in [2.24, 2.45) is 0 Å². The quantitative estimate of drug-likeness (QED) is 0.788. The normalized spacial score (nSPS) is 11.8. The summed E-state index contributed by atoms with van der Waals surface area (Å²) in [4.78, 5) is 12.4. The average molecular weight is 306 g/mol. The molecule has 0 radical (unpaired) electrons. The monoisotopic (exact) mass is 305 g/mol. The van der Waals surface area contributed by atoms with Crippen molar-refractivity contribution in [1.29, 1.82) is 5.26 Å². The second-order valence-electron chi connectivity index (χ2n) is 4.52. The van der Waals surface area contributed by atoms with Crippen molar-refractivity contribution in [2.75, 3.05) is 0 Å². The van der Waals surface area contributed by atoms with Crippen LogP contribution in [0.4, 0.5) is 8.78 Å². The van der Waals surface area contributed by atoms with Crippen LogP contribution in [0.3, 0.4) is 0 Å². The molecular formula is C16H10ClF2NO. The fourth-order valence-electron chi connectivity index (χ4n) is 2.06. The van der Waals surface area contributed by atoms with Gasteiger partial charge in [0.05, 0.1) is 6.07 Å². The molecule has 2 nitrogen and oxygen atoms in total. The number of hydrogen-bond donors (Lipinski definition) is 0. The van der Waals surface area contributed by atoms with Crippen LogP contribution in [0.2, 0.25) is 5.02 Å². The fraction of sp³-hybridized carbons (Fsp3) is 0.125. The Morgan fingerprint density at radius 1 is 1.29 bits per heavy atom. The third kappa shape index (κ3) is 2.93. The Labute approximate surface area is 125 Å². The van der Waals surface area contributed by atoms with Gasteiger partial charge < -0.3 is 0 Å². The molecule has 0 saturated carbocycles. The summed E-state index contributed by atoms with van der Waals surface area (Å²) in [7, 11) is 0. The molecule has 2 aromatic rings. The zero-order chi connectivity index (χ0) is 15.6. The van der Waals surface area contributed by atoms with Crippen molar-refractivity contribution in [3.63, 3.8) is 0 Å². The van der Waals surface area contributed by atoms with Gasteiger partial charge in [-0.05, 0) is 36.8 Å². The topological polar surface area (TPSA) is 40.9 Å². The Morgan fingerprint density at radius 2 is 2.00 bits per heavy atom. The molecule has 106 valence electrons. The molecule has 0 bridgehead atoms. The zero-order valence-corrected chi connectivity index (χ0v) is 11.8. The van der Waals surface area contributed by atoms with Gasteiger partial charge >= 0.3 is 0 Å². The van der Waals surface area contributed by atoms with Crippen LogP contribution in [0.25, 0.3) is 0 Å². The Morgan fingerprint density at radius 3 is 2.62 bits per heavy atom. The fourth-order valence-corrected chi connectivity index (χ4v) is 2.33. The van der Waals surface area contributed by atoms with E-state index < -0.39 is 23.3 Å². The van der Waals surface area contributed by atoms with Crippen molar-refractivity contribution >= 4 is 17.4 Å². The molecule has 1 atom stereocenters. The summed E-state index contributed by atoms with van der Waals surface area (Å²) in [5.41, 5.74) is 0.366. The number of nitriles is 1. The van der Waals surface area contributed by atoms with Gasteiger partial charge in [0.15, 0.2) is 5.78 Å². The van der Waals surface area contributed by atoms with Crippen LogP contribution in [-0.2, 0) is 0 Å². The van der Waals surface area contributed by atoms with Gasteiger partial charge in [-0.3, -0.25) is 4.79 Å². The predicted octanol–water partition coefficient (Wildman–Crippen LogP) is 4.42. The molecule has 2 rings (SSSR count). The highest BCUT2D eigenvalue weighted by atomic mass is 35.5. The highest BCUT2D eigenvalue weighted by Gasteiger charge is 2.28. The number of hydrogen-bond acceptors (Lipinski definition) is 2. The Kier molecular flexibility index (Phi) is 4.35. The first kappa shape index (κ1) is 15.1. The maximum atomic E-state index is 13.9. The number of rotatable bonds is 3. The van der Waals surface area contributed by atoms with Gasteiger partial charge in [0.25, 0.3) is 0 Å². The molecule has 21 heavy (non-hydrogen) atoms. The molecule has 0 aromatic heterocycles. The average Bonchev–Trinajstić information content (AvgIpc) is 2.45. The number of nitrogens with zero attached hydrogens (tertiary/aromatic N) is 1. The smallest absolute Gasteiger partial charge is 0.184 e. The van der Waals surface area contributed by atoms with Gasteiger partial charge in [-0.25, -0.2) is 8.78 Å². The maximum Gasteiger partial charge on any atom is 0.184 e. The molecular weight excluding hydrogens is 296 g/mol. The van der Waals surface area contributed by atoms with Gasteiger partial charge in [-0.15, -0.1) is 0 Å². The lowest BCUT2D eigenvalue weighted by atomic mass is 9.89. The molecule has 0 aliphatic heterocycles. The first-order chi connectivity index (χ1) is 9.95. The van der Waals surface area contributed by atoms with Crippen LogP contribution in [0.15, 0.2) is 36.4 Å². The van der Waals surface area contributed by atoms with Crippen molar-refractivity contribution in [2.45, 2.75) is 12.8 Å². The molecule has 0 saturated heterocycles. The van der Waals surface area contributed by atoms with Gasteiger partial charge in [-0.2, -0.15) is 5.26 Å². The van der Waals surface area contributed by atoms with E-state index in [9.17, 15) is 18.8 Å². The summed E-state index contributed by atoms with van der Waals surface area (Å²) >= 11 is 5.89. The predicted molar refractivity (Wildman–Crippen MR) is 75.2 cm³/mol. The third-order valence-electron chi connectivity index (χ3n) is 3.14. The number of benzene rings is 2. The van der Waals surface area contributed by atoms with E-state index in [2.05, 4.69) is 0 Å². The van der Waals surface area contributed by atoms with Gasteiger partial charge in [0.1, 0.15) is 17.6 Å². The number of aryl methyl sites for hydroxylation is 1. The Hall–Kier alpha value is -2.25. The number of ketones is 1. The first-order valence-electron chi connectivity index (χ1n) is 6.09. The van der Waals surface area contributed by atoms with Gasteiger partial charge in [0, 0.05) is 16.1 Å². The maximum absolute atomic E-state index is 13.9. The molecule has 0 aliphatic carbocycles. The Bertz CT molecular complexity index is 732. The zero-order valence-electron chi connectivity index (χ0n) is 11.0. The van der Waals surface area contributed by atoms with E-state index in [1.807, 2.05) is 0 Å². The standard InChI is InChI=1S/C16H10ClF2NO/c1-9-5-6-10(18)7-11(9)16(21)12(8-20)15-13(17)3-2-4-14(15)19/h2-7,12H,1H3. The molecule has 0 amide bonds. The van der Waals surface area contributed by atoms with Gasteiger partial charge in [0.2, 0.25) is 0 Å². The first-order valence-corrected chi connectivity index (χ1v) is 6.47. The summed E-state index contributed by atoms with van der Waals surface area (Å²) < 4.78 is 27.2. The minimum atomic E-state index is -1.42. The summed E-state index contributed by atoms with van der Waals surface area (Å²) in [5, 5.41) is 9.22. The summed E-state index contributed by atoms with van der Waals surface area (Å²) in [6, 6.07) is 9.33. The number of Topliss-reactive ketones (excluding diaryl/α,β-unsaturated/α-hetero) is 1. The number of carbonyl (C=O) groups excluding carboxylic acids is 1. The van der Waals surface area contributed by atoms with E-state index in [0.717, 1.165) is 12.1 Å². The van der Waals surface area contributed by atoms with E-state index in [0.29, 0.717) is 5.56 Å². The molecule has 0 fully saturated rings. The second kappa shape index (κ2) is 6.02. The lowest BCUT2D eigenvalue weighted by molar-refractivity contribution is 0.0976. The second-order valence-corrected chi connectivity index (χ2v) is 4.93. The van der Waals surface area contributed by atoms with E-state index in [-0.39, 0.29) is 16.1 Å². The van der Waals surface area contributed by atoms with E-state index in [1.54, 1.807) is 13.0 Å². The molecule has 0 N–H and O–H groups in total. The molecule has 0 heterocycles. The van der Waals surface area contributed by atoms with E-state index in [1.165, 1.54) is 24.3 Å². The molecule has 1 unspecified atom stereocenters. The largest absolute Gasteiger partial charge is 0.292 e. The van der Waals surface area contributed by atoms with Crippen LogP contribution in [0.5, 0.6) is 0 Å². The highest BCUT2D eigenvalue weighted by molar-refractivity contribution is 6.32. The van der Waals surface area contributed by atoms with Crippen LogP contribution >= 0.6 is 11.6 Å². The summed E-state index contributed by atoms with van der Waals surface area (Å²) in [5.74, 6) is -3.43. The lowest BCUT2D eigenvalue weighted by Gasteiger charge is -2.13. The van der Waals surface area contributed by atoms with Crippen molar-refractivity contribution in [3.05, 3.63) is 69.7 Å². The molecule has 0 spiro atoms. The van der Waals surface area contributed by atoms with Crippen molar-refractivity contribution in [1.82, 2.24) is 0 Å². The third-order valence-corrected chi connectivity index (χ3v) is 3.47. The SMILES string of the molecule is Cc1ccc(F)cc1C(=O)C(C#N)c1c(F)cccc1Cl. The van der Waals surface area contributed by atoms with E-state index in [4.69, 9.17) is 11.6 Å². The van der Waals surface area contributed by atoms with Crippen LogP contribution in [0, 0.1) is 29.9 Å². The number of carbonyl (C=O) groups is 1. The van der Waals surface area contributed by atoms with Crippen LogP contribution in [-0.4, -0.2) is 5.78 Å². The Balaban J connectivity index is 2.55. The van der Waals surface area contributed by atoms with Crippen molar-refractivity contribution < 1.29 is 13.6 Å². The van der Waals surface area contributed by atoms with Crippen LogP contribution < -0.4 is 0 Å². The minimum Gasteiger partial charge on any atom is -0.292 e. The van der Waals surface area contributed by atoms with Crippen LogP contribution in [0.1, 0.15) is 27.4 Å². The van der Waals surface area contributed by atoms with Gasteiger partial charge in [-0.1, -0.05) is 23.7 Å². The highest BCUT2D eigenvalue weighted by Crippen LogP contribution is 2.30. The molecule has 0 aliphatic rings. The lowest BCUT2D eigenvalue weighted by Crippen LogP contribution is -2.15.